The molecule has 1 aromatic rings. The van der Waals surface area contributed by atoms with E-state index >= 15 is 0 Å². The number of carbonyl (C=O) groups excluding carboxylic acids is 2. The zero-order chi connectivity index (χ0) is 14.6. The van der Waals surface area contributed by atoms with Crippen molar-refractivity contribution in [3.8, 4) is 0 Å². The van der Waals surface area contributed by atoms with Gasteiger partial charge in [0.15, 0.2) is 0 Å². The van der Waals surface area contributed by atoms with Gasteiger partial charge in [-0.3, -0.25) is 9.59 Å². The lowest BCUT2D eigenvalue weighted by Crippen LogP contribution is -2.43. The van der Waals surface area contributed by atoms with E-state index in [0.717, 1.165) is 0 Å². The minimum atomic E-state index is -4.06. The molecule has 0 aliphatic heterocycles. The molecule has 6 N–H and O–H groups in total. The van der Waals surface area contributed by atoms with Crippen LogP contribution in [-0.4, -0.2) is 37.6 Å². The van der Waals surface area contributed by atoms with E-state index in [1.807, 2.05) is 0 Å². The molecule has 19 heavy (non-hydrogen) atoms. The Kier molecular flexibility index (Phi) is 4.46. The SMILES string of the molecule is NC(=O)CN(CC(N)=O)S(=O)(=O)c1cccc(N)c1. The van der Waals surface area contributed by atoms with E-state index in [-0.39, 0.29) is 10.6 Å². The minimum absolute atomic E-state index is 0.144. The fourth-order valence-electron chi connectivity index (χ4n) is 1.40. The van der Waals surface area contributed by atoms with Gasteiger partial charge in [-0.1, -0.05) is 6.07 Å². The molecule has 1 rings (SSSR count). The summed E-state index contributed by atoms with van der Waals surface area (Å²) in [6.07, 6.45) is 0. The van der Waals surface area contributed by atoms with Gasteiger partial charge < -0.3 is 17.2 Å². The fourth-order valence-corrected chi connectivity index (χ4v) is 2.83. The summed E-state index contributed by atoms with van der Waals surface area (Å²) in [5.74, 6) is -1.79. The van der Waals surface area contributed by atoms with Crippen LogP contribution in [0.4, 0.5) is 5.69 Å². The van der Waals surface area contributed by atoms with Crippen molar-refractivity contribution in [3.05, 3.63) is 24.3 Å². The number of benzene rings is 1. The van der Waals surface area contributed by atoms with Crippen LogP contribution < -0.4 is 17.2 Å². The van der Waals surface area contributed by atoms with E-state index in [9.17, 15) is 18.0 Å². The lowest BCUT2D eigenvalue weighted by atomic mass is 10.3. The van der Waals surface area contributed by atoms with Gasteiger partial charge in [0.1, 0.15) is 0 Å². The Morgan fingerprint density at radius 3 is 2.05 bits per heavy atom. The Labute approximate surface area is 110 Å². The van der Waals surface area contributed by atoms with Crippen LogP contribution in [0.25, 0.3) is 0 Å². The zero-order valence-corrected chi connectivity index (χ0v) is 10.8. The van der Waals surface area contributed by atoms with Crippen molar-refractivity contribution >= 4 is 27.5 Å². The normalized spacial score (nSPS) is 11.4. The van der Waals surface area contributed by atoms with Gasteiger partial charge >= 0.3 is 0 Å². The highest BCUT2D eigenvalue weighted by atomic mass is 32.2. The monoisotopic (exact) mass is 286 g/mol. The van der Waals surface area contributed by atoms with E-state index in [4.69, 9.17) is 17.2 Å². The standard InChI is InChI=1S/C10H14N4O4S/c11-7-2-1-3-8(4-7)19(17,18)14(5-9(12)15)6-10(13)16/h1-4H,5-6,11H2,(H2,12,15)(H2,13,16). The first-order chi connectivity index (χ1) is 8.73. The first-order valence-corrected chi connectivity index (χ1v) is 6.60. The molecule has 2 amide bonds. The summed E-state index contributed by atoms with van der Waals surface area (Å²) in [7, 11) is -4.06. The Morgan fingerprint density at radius 2 is 1.63 bits per heavy atom. The molecule has 0 radical (unpaired) electrons. The predicted molar refractivity (Wildman–Crippen MR) is 68.0 cm³/mol. The third-order valence-electron chi connectivity index (χ3n) is 2.16. The molecule has 0 bridgehead atoms. The molecule has 1 aromatic carbocycles. The van der Waals surface area contributed by atoms with Crippen molar-refractivity contribution in [1.29, 1.82) is 0 Å². The largest absolute Gasteiger partial charge is 0.399 e. The Bertz CT molecular complexity index is 583. The van der Waals surface area contributed by atoms with Crippen LogP contribution >= 0.6 is 0 Å². The highest BCUT2D eigenvalue weighted by Crippen LogP contribution is 2.17. The van der Waals surface area contributed by atoms with Gasteiger partial charge in [0.25, 0.3) is 0 Å². The first kappa shape index (κ1) is 14.9. The summed E-state index contributed by atoms with van der Waals surface area (Å²) < 4.78 is 25.0. The van der Waals surface area contributed by atoms with Crippen molar-refractivity contribution in [2.24, 2.45) is 11.5 Å². The summed E-state index contributed by atoms with van der Waals surface area (Å²) in [5.41, 5.74) is 15.6. The molecule has 0 unspecified atom stereocenters. The highest BCUT2D eigenvalue weighted by molar-refractivity contribution is 7.89. The number of amides is 2. The number of rotatable bonds is 6. The van der Waals surface area contributed by atoms with Gasteiger partial charge in [-0.05, 0) is 18.2 Å². The number of carbonyl (C=O) groups is 2. The van der Waals surface area contributed by atoms with Crippen molar-refractivity contribution < 1.29 is 18.0 Å². The van der Waals surface area contributed by atoms with E-state index in [0.29, 0.717) is 4.31 Å². The fraction of sp³-hybridized carbons (Fsp3) is 0.200. The second kappa shape index (κ2) is 5.67. The topological polar surface area (TPSA) is 150 Å². The average Bonchev–Trinajstić information content (AvgIpc) is 2.26. The van der Waals surface area contributed by atoms with Gasteiger partial charge in [0.2, 0.25) is 21.8 Å². The van der Waals surface area contributed by atoms with E-state index in [1.54, 1.807) is 0 Å². The van der Waals surface area contributed by atoms with Crippen LogP contribution in [0.1, 0.15) is 0 Å². The van der Waals surface area contributed by atoms with E-state index < -0.39 is 34.9 Å². The second-order valence-corrected chi connectivity index (χ2v) is 5.72. The Morgan fingerprint density at radius 1 is 1.11 bits per heavy atom. The molecule has 104 valence electrons. The van der Waals surface area contributed by atoms with Crippen molar-refractivity contribution in [3.63, 3.8) is 0 Å². The van der Waals surface area contributed by atoms with Crippen LogP contribution in [0.5, 0.6) is 0 Å². The molecule has 0 spiro atoms. The van der Waals surface area contributed by atoms with Gasteiger partial charge in [0, 0.05) is 5.69 Å². The summed E-state index contributed by atoms with van der Waals surface area (Å²) in [6.45, 7) is -1.28. The van der Waals surface area contributed by atoms with Gasteiger partial charge in [-0.2, -0.15) is 4.31 Å². The Hall–Kier alpha value is -2.13. The number of nitrogen functional groups attached to an aromatic ring is 1. The van der Waals surface area contributed by atoms with Crippen LogP contribution in [-0.2, 0) is 19.6 Å². The molecular weight excluding hydrogens is 272 g/mol. The van der Waals surface area contributed by atoms with Gasteiger partial charge in [-0.15, -0.1) is 0 Å². The van der Waals surface area contributed by atoms with Crippen LogP contribution in [0.15, 0.2) is 29.2 Å². The smallest absolute Gasteiger partial charge is 0.244 e. The molecule has 0 fully saturated rings. The zero-order valence-electron chi connectivity index (χ0n) is 9.94. The number of nitrogens with two attached hydrogens (primary N) is 3. The molecule has 0 heterocycles. The predicted octanol–water partition coefficient (Wildman–Crippen LogP) is -1.77. The second-order valence-electron chi connectivity index (χ2n) is 3.78. The number of hydrogen-bond acceptors (Lipinski definition) is 5. The maximum atomic E-state index is 12.2. The summed E-state index contributed by atoms with van der Waals surface area (Å²) >= 11 is 0. The molecule has 0 saturated heterocycles. The van der Waals surface area contributed by atoms with Crippen LogP contribution in [0.2, 0.25) is 0 Å². The maximum Gasteiger partial charge on any atom is 0.244 e. The lowest BCUT2D eigenvalue weighted by Gasteiger charge is -2.19. The number of nitrogens with zero attached hydrogens (tertiary/aromatic N) is 1. The van der Waals surface area contributed by atoms with Gasteiger partial charge in [0.05, 0.1) is 18.0 Å². The summed E-state index contributed by atoms with van der Waals surface area (Å²) in [6, 6.07) is 5.45. The summed E-state index contributed by atoms with van der Waals surface area (Å²) in [4.78, 5) is 21.6. The van der Waals surface area contributed by atoms with Crippen molar-refractivity contribution in [2.75, 3.05) is 18.8 Å². The molecule has 9 heteroatoms. The lowest BCUT2D eigenvalue weighted by molar-refractivity contribution is -0.120. The van der Waals surface area contributed by atoms with E-state index in [2.05, 4.69) is 0 Å². The molecule has 0 aromatic heterocycles. The molecular formula is C10H14N4O4S. The molecule has 8 nitrogen and oxygen atoms in total. The van der Waals surface area contributed by atoms with Gasteiger partial charge in [-0.25, -0.2) is 8.42 Å². The number of sulfonamides is 1. The van der Waals surface area contributed by atoms with Crippen LogP contribution in [0, 0.1) is 0 Å². The first-order valence-electron chi connectivity index (χ1n) is 5.16. The van der Waals surface area contributed by atoms with Crippen molar-refractivity contribution in [1.82, 2.24) is 4.31 Å². The average molecular weight is 286 g/mol. The number of anilines is 1. The quantitative estimate of drug-likeness (QED) is 0.529. The third-order valence-corrected chi connectivity index (χ3v) is 3.95. The highest BCUT2D eigenvalue weighted by Gasteiger charge is 2.27. The summed E-state index contributed by atoms with van der Waals surface area (Å²) in [5, 5.41) is 0. The number of hydrogen-bond donors (Lipinski definition) is 3. The number of primary amides is 2. The molecule has 0 aliphatic carbocycles. The molecule has 0 atom stereocenters. The molecule has 0 saturated carbocycles. The van der Waals surface area contributed by atoms with E-state index in [1.165, 1.54) is 24.3 Å². The van der Waals surface area contributed by atoms with Crippen molar-refractivity contribution in [2.45, 2.75) is 4.90 Å². The maximum absolute atomic E-state index is 12.2. The van der Waals surface area contributed by atoms with Crippen LogP contribution in [0.3, 0.4) is 0 Å². The minimum Gasteiger partial charge on any atom is -0.399 e. The third kappa shape index (κ3) is 3.93. The molecule has 0 aliphatic rings. The Balaban J connectivity index is 3.18.